The van der Waals surface area contributed by atoms with Gasteiger partial charge < -0.3 is 9.73 Å². The van der Waals surface area contributed by atoms with Crippen LogP contribution in [0.4, 0.5) is 0 Å². The monoisotopic (exact) mass is 340 g/mol. The normalized spacial score (nSPS) is 20.4. The van der Waals surface area contributed by atoms with Crippen LogP contribution in [-0.2, 0) is 11.2 Å². The van der Waals surface area contributed by atoms with Crippen molar-refractivity contribution in [2.45, 2.75) is 64.3 Å². The molecule has 1 aromatic heterocycles. The summed E-state index contributed by atoms with van der Waals surface area (Å²) in [6, 6.07) is 10.3. The Balaban J connectivity index is 1.38. The molecule has 0 radical (unpaired) electrons. The Bertz CT molecular complexity index is 658. The van der Waals surface area contributed by atoms with E-state index in [1.54, 1.807) is 6.20 Å². The van der Waals surface area contributed by atoms with Crippen molar-refractivity contribution in [3.63, 3.8) is 0 Å². The Labute approximate surface area is 150 Å². The van der Waals surface area contributed by atoms with Gasteiger partial charge in [-0.05, 0) is 38.0 Å². The minimum Gasteiger partial charge on any atom is -0.441 e. The van der Waals surface area contributed by atoms with E-state index >= 15 is 0 Å². The highest BCUT2D eigenvalue weighted by molar-refractivity contribution is 5.76. The van der Waals surface area contributed by atoms with Crippen LogP contribution in [-0.4, -0.2) is 16.9 Å². The molecule has 4 heteroatoms. The summed E-state index contributed by atoms with van der Waals surface area (Å²) in [6.45, 7) is 2.26. The molecule has 0 saturated heterocycles. The van der Waals surface area contributed by atoms with Crippen molar-refractivity contribution in [2.75, 3.05) is 0 Å². The lowest BCUT2D eigenvalue weighted by Gasteiger charge is -2.28. The van der Waals surface area contributed by atoms with Crippen LogP contribution in [0, 0.1) is 5.92 Å². The molecule has 134 valence electrons. The zero-order chi connectivity index (χ0) is 17.5. The second-order valence-corrected chi connectivity index (χ2v) is 7.03. The molecule has 0 bridgehead atoms. The molecule has 25 heavy (non-hydrogen) atoms. The molecule has 1 aliphatic carbocycles. The smallest absolute Gasteiger partial charge is 0.220 e. The predicted octanol–water partition coefficient (Wildman–Crippen LogP) is 4.75. The van der Waals surface area contributed by atoms with Crippen molar-refractivity contribution in [1.82, 2.24) is 10.3 Å². The lowest BCUT2D eigenvalue weighted by atomic mass is 9.84. The summed E-state index contributed by atoms with van der Waals surface area (Å²) in [5, 5.41) is 3.19. The van der Waals surface area contributed by atoms with E-state index in [1.807, 2.05) is 30.3 Å². The number of nitrogens with one attached hydrogen (secondary N) is 1. The zero-order valence-corrected chi connectivity index (χ0v) is 15.0. The lowest BCUT2D eigenvalue weighted by molar-refractivity contribution is -0.122. The highest BCUT2D eigenvalue weighted by Crippen LogP contribution is 2.26. The summed E-state index contributed by atoms with van der Waals surface area (Å²) in [7, 11) is 0. The fourth-order valence-corrected chi connectivity index (χ4v) is 3.58. The van der Waals surface area contributed by atoms with Crippen molar-refractivity contribution in [3.8, 4) is 11.3 Å². The van der Waals surface area contributed by atoms with Gasteiger partial charge in [0.15, 0.2) is 11.7 Å². The van der Waals surface area contributed by atoms with Gasteiger partial charge in [-0.25, -0.2) is 4.98 Å². The zero-order valence-electron chi connectivity index (χ0n) is 15.0. The first-order chi connectivity index (χ1) is 12.2. The Morgan fingerprint density at radius 3 is 2.68 bits per heavy atom. The molecule has 0 spiro atoms. The third-order valence-electron chi connectivity index (χ3n) is 5.20. The van der Waals surface area contributed by atoms with Gasteiger partial charge in [0, 0.05) is 24.4 Å². The summed E-state index contributed by atoms with van der Waals surface area (Å²) in [5.74, 6) is 2.51. The van der Waals surface area contributed by atoms with E-state index in [4.69, 9.17) is 4.42 Å². The van der Waals surface area contributed by atoms with Gasteiger partial charge in [0.1, 0.15) is 0 Å². The fraction of sp³-hybridized carbons (Fsp3) is 0.524. The number of carbonyl (C=O) groups is 1. The van der Waals surface area contributed by atoms with Gasteiger partial charge in [-0.15, -0.1) is 0 Å². The van der Waals surface area contributed by atoms with Gasteiger partial charge >= 0.3 is 0 Å². The second-order valence-electron chi connectivity index (χ2n) is 7.03. The molecule has 1 amide bonds. The van der Waals surface area contributed by atoms with Crippen molar-refractivity contribution in [3.05, 3.63) is 42.4 Å². The predicted molar refractivity (Wildman–Crippen MR) is 99.1 cm³/mol. The molecule has 1 aliphatic rings. The number of nitrogens with zero attached hydrogens (tertiary/aromatic N) is 1. The van der Waals surface area contributed by atoms with Crippen molar-refractivity contribution in [2.24, 2.45) is 5.92 Å². The Morgan fingerprint density at radius 1 is 1.20 bits per heavy atom. The molecule has 3 rings (SSSR count). The van der Waals surface area contributed by atoms with E-state index in [0.717, 1.165) is 36.5 Å². The molecule has 0 atom stereocenters. The van der Waals surface area contributed by atoms with Gasteiger partial charge in [0.25, 0.3) is 0 Å². The molecule has 0 aliphatic heterocycles. The molecular formula is C21H28N2O2. The van der Waals surface area contributed by atoms with E-state index in [2.05, 4.69) is 17.2 Å². The van der Waals surface area contributed by atoms with E-state index < -0.39 is 0 Å². The SMILES string of the molecule is CCC1CCC(NC(=O)CCCc2ncc(-c3ccccc3)o2)CC1. The summed E-state index contributed by atoms with van der Waals surface area (Å²) in [5.41, 5.74) is 1.03. The first kappa shape index (κ1) is 17.7. The quantitative estimate of drug-likeness (QED) is 0.791. The molecule has 1 fully saturated rings. The van der Waals surface area contributed by atoms with Crippen molar-refractivity contribution >= 4 is 5.91 Å². The summed E-state index contributed by atoms with van der Waals surface area (Å²) < 4.78 is 5.78. The Kier molecular flexibility index (Phi) is 6.26. The summed E-state index contributed by atoms with van der Waals surface area (Å²) in [4.78, 5) is 16.4. The maximum Gasteiger partial charge on any atom is 0.220 e. The molecule has 1 heterocycles. The number of hydrogen-bond acceptors (Lipinski definition) is 3. The largest absolute Gasteiger partial charge is 0.441 e. The minimum absolute atomic E-state index is 0.162. The van der Waals surface area contributed by atoms with Gasteiger partial charge in [-0.1, -0.05) is 43.7 Å². The van der Waals surface area contributed by atoms with E-state index in [9.17, 15) is 4.79 Å². The molecule has 2 aromatic rings. The van der Waals surface area contributed by atoms with Crippen LogP contribution in [0.25, 0.3) is 11.3 Å². The Morgan fingerprint density at radius 2 is 1.96 bits per heavy atom. The van der Waals surface area contributed by atoms with Gasteiger partial charge in [-0.3, -0.25) is 4.79 Å². The number of hydrogen-bond donors (Lipinski definition) is 1. The Hall–Kier alpha value is -2.10. The number of carbonyl (C=O) groups excluding carboxylic acids is 1. The first-order valence-corrected chi connectivity index (χ1v) is 9.54. The average molecular weight is 340 g/mol. The van der Waals surface area contributed by atoms with Crippen LogP contribution < -0.4 is 5.32 Å². The van der Waals surface area contributed by atoms with Crippen LogP contribution in [0.1, 0.15) is 57.8 Å². The number of amides is 1. The standard InChI is InChI=1S/C21H28N2O2/c1-2-16-11-13-18(14-12-16)23-20(24)9-6-10-21-22-15-19(25-21)17-7-4-3-5-8-17/h3-5,7-8,15-16,18H,2,6,9-14H2,1H3,(H,23,24). The topological polar surface area (TPSA) is 55.1 Å². The third-order valence-corrected chi connectivity index (χ3v) is 5.20. The van der Waals surface area contributed by atoms with Gasteiger partial charge in [0.05, 0.1) is 6.20 Å². The summed E-state index contributed by atoms with van der Waals surface area (Å²) in [6.07, 6.45) is 9.79. The van der Waals surface area contributed by atoms with Crippen LogP contribution in [0.2, 0.25) is 0 Å². The fourth-order valence-electron chi connectivity index (χ4n) is 3.58. The summed E-state index contributed by atoms with van der Waals surface area (Å²) >= 11 is 0. The van der Waals surface area contributed by atoms with Gasteiger partial charge in [0.2, 0.25) is 5.91 Å². The van der Waals surface area contributed by atoms with Crippen molar-refractivity contribution in [1.29, 1.82) is 0 Å². The maximum atomic E-state index is 12.1. The maximum absolute atomic E-state index is 12.1. The number of benzene rings is 1. The van der Waals surface area contributed by atoms with Crippen LogP contribution >= 0.6 is 0 Å². The van der Waals surface area contributed by atoms with E-state index in [0.29, 0.717) is 24.8 Å². The molecule has 1 N–H and O–H groups in total. The van der Waals surface area contributed by atoms with Crippen molar-refractivity contribution < 1.29 is 9.21 Å². The molecular weight excluding hydrogens is 312 g/mol. The number of rotatable bonds is 7. The molecule has 4 nitrogen and oxygen atoms in total. The highest BCUT2D eigenvalue weighted by Gasteiger charge is 2.21. The average Bonchev–Trinajstić information content (AvgIpc) is 3.12. The highest BCUT2D eigenvalue weighted by atomic mass is 16.4. The first-order valence-electron chi connectivity index (χ1n) is 9.54. The number of aromatic nitrogens is 1. The molecule has 1 saturated carbocycles. The molecule has 1 aromatic carbocycles. The van der Waals surface area contributed by atoms with E-state index in [-0.39, 0.29) is 5.91 Å². The third kappa shape index (κ3) is 5.18. The minimum atomic E-state index is 0.162. The van der Waals surface area contributed by atoms with E-state index in [1.165, 1.54) is 19.3 Å². The number of oxazole rings is 1. The lowest BCUT2D eigenvalue weighted by Crippen LogP contribution is -2.37. The van der Waals surface area contributed by atoms with Crippen LogP contribution in [0.3, 0.4) is 0 Å². The van der Waals surface area contributed by atoms with Crippen LogP contribution in [0.5, 0.6) is 0 Å². The second kappa shape index (κ2) is 8.84. The number of aryl methyl sites for hydroxylation is 1. The van der Waals surface area contributed by atoms with Gasteiger partial charge in [-0.2, -0.15) is 0 Å². The van der Waals surface area contributed by atoms with Crippen LogP contribution in [0.15, 0.2) is 40.9 Å². The molecule has 0 unspecified atom stereocenters.